The third-order valence-corrected chi connectivity index (χ3v) is 7.26. The number of nitrogens with two attached hydrogens (primary N) is 1. The molecule has 8 nitrogen and oxygen atoms in total. The third-order valence-electron chi connectivity index (χ3n) is 7.26. The van der Waals surface area contributed by atoms with Gasteiger partial charge in [0.25, 0.3) is 0 Å². The summed E-state index contributed by atoms with van der Waals surface area (Å²) in [7, 11) is 0. The van der Waals surface area contributed by atoms with Crippen molar-refractivity contribution in [1.82, 2.24) is 15.2 Å². The fourth-order valence-corrected chi connectivity index (χ4v) is 5.09. The van der Waals surface area contributed by atoms with Crippen LogP contribution in [0.2, 0.25) is 0 Å². The number of likely N-dealkylation sites (tertiary alicyclic amines) is 1. The number of benzene rings is 1. The highest BCUT2D eigenvalue weighted by Crippen LogP contribution is 2.30. The molecule has 4 rings (SSSR count). The molecule has 1 saturated carbocycles. The number of carbonyl (C=O) groups is 3. The van der Waals surface area contributed by atoms with Crippen LogP contribution in [-0.4, -0.2) is 64.1 Å². The Morgan fingerprint density at radius 2 is 1.59 bits per heavy atom. The number of nitrogens with one attached hydrogen (secondary N) is 1. The monoisotopic (exact) mass is 548 g/mol. The van der Waals surface area contributed by atoms with Gasteiger partial charge in [-0.25, -0.2) is 4.79 Å². The molecule has 2 fully saturated rings. The van der Waals surface area contributed by atoms with Crippen LogP contribution in [0.5, 0.6) is 0 Å². The molecule has 1 aliphatic carbocycles. The number of carboxylic acid groups (broad SMARTS) is 1. The summed E-state index contributed by atoms with van der Waals surface area (Å²) in [6, 6.07) is 14.0. The number of amides is 2. The molecule has 39 heavy (non-hydrogen) atoms. The number of aliphatic carboxylic acids is 1. The van der Waals surface area contributed by atoms with E-state index in [0.29, 0.717) is 31.5 Å². The van der Waals surface area contributed by atoms with Crippen LogP contribution in [0.3, 0.4) is 0 Å². The Bertz CT molecular complexity index is 1040. The molecule has 1 unspecified atom stereocenters. The summed E-state index contributed by atoms with van der Waals surface area (Å²) >= 11 is 0. The van der Waals surface area contributed by atoms with E-state index >= 15 is 0 Å². The predicted molar refractivity (Wildman–Crippen MR) is 139 cm³/mol. The Balaban J connectivity index is 0.000000532. The standard InChI is InChI=1S/C26H34N4O2.C2HF3O2/c27-22-10-8-19(9-11-22)18-29-26(32)24-7-4-16-30(24)25(31)17-23(20-5-2-1-3-6-20)21-12-14-28-15-13-21;3-2(4,5)1(6)7/h1-3,5-6,12-15,19,22-24H,4,7-11,16-18,27H2,(H,29,32);(H,6,7)/t19?,22?,23?,24-;/m0./s1. The fraction of sp³-hybridized carbons (Fsp3) is 0.500. The number of pyridine rings is 1. The van der Waals surface area contributed by atoms with E-state index in [0.717, 1.165) is 49.7 Å². The van der Waals surface area contributed by atoms with Crippen LogP contribution >= 0.6 is 0 Å². The molecule has 2 aromatic rings. The van der Waals surface area contributed by atoms with Gasteiger partial charge in [0, 0.05) is 43.9 Å². The molecule has 0 spiro atoms. The van der Waals surface area contributed by atoms with E-state index in [9.17, 15) is 22.8 Å². The quantitative estimate of drug-likeness (QED) is 0.483. The highest BCUT2D eigenvalue weighted by Gasteiger charge is 2.38. The number of hydrogen-bond acceptors (Lipinski definition) is 5. The third kappa shape index (κ3) is 9.05. The summed E-state index contributed by atoms with van der Waals surface area (Å²) in [5, 5.41) is 10.3. The zero-order chi connectivity index (χ0) is 28.4. The second-order valence-electron chi connectivity index (χ2n) is 10.0. The number of carbonyl (C=O) groups excluding carboxylic acids is 2. The molecule has 2 atom stereocenters. The van der Waals surface area contributed by atoms with Crippen molar-refractivity contribution < 1.29 is 32.7 Å². The highest BCUT2D eigenvalue weighted by atomic mass is 19.4. The summed E-state index contributed by atoms with van der Waals surface area (Å²) in [4.78, 5) is 41.1. The molecule has 2 aliphatic rings. The van der Waals surface area contributed by atoms with Gasteiger partial charge in [-0.1, -0.05) is 30.3 Å². The lowest BCUT2D eigenvalue weighted by Crippen LogP contribution is -2.47. The van der Waals surface area contributed by atoms with Crippen LogP contribution in [0.1, 0.15) is 62.0 Å². The maximum Gasteiger partial charge on any atom is 0.490 e. The van der Waals surface area contributed by atoms with Crippen molar-refractivity contribution in [3.8, 4) is 0 Å². The van der Waals surface area contributed by atoms with Gasteiger partial charge >= 0.3 is 12.1 Å². The van der Waals surface area contributed by atoms with Gasteiger partial charge in [0.05, 0.1) is 0 Å². The Labute approximate surface area is 225 Å². The largest absolute Gasteiger partial charge is 0.490 e. The van der Waals surface area contributed by atoms with Gasteiger partial charge in [-0.3, -0.25) is 14.6 Å². The summed E-state index contributed by atoms with van der Waals surface area (Å²) in [5.41, 5.74) is 8.16. The lowest BCUT2D eigenvalue weighted by Gasteiger charge is -2.29. The van der Waals surface area contributed by atoms with Crippen LogP contribution in [0.4, 0.5) is 13.2 Å². The first-order valence-electron chi connectivity index (χ1n) is 13.1. The molecule has 2 heterocycles. The van der Waals surface area contributed by atoms with Crippen molar-refractivity contribution in [2.75, 3.05) is 13.1 Å². The molecule has 1 aliphatic heterocycles. The van der Waals surface area contributed by atoms with Crippen molar-refractivity contribution in [3.05, 3.63) is 66.0 Å². The van der Waals surface area contributed by atoms with Crippen LogP contribution < -0.4 is 11.1 Å². The molecular formula is C28H35F3N4O4. The van der Waals surface area contributed by atoms with Crippen molar-refractivity contribution in [2.45, 2.75) is 69.1 Å². The number of nitrogens with zero attached hydrogens (tertiary/aromatic N) is 2. The van der Waals surface area contributed by atoms with E-state index in [1.54, 1.807) is 17.3 Å². The molecule has 0 radical (unpaired) electrons. The molecule has 1 saturated heterocycles. The summed E-state index contributed by atoms with van der Waals surface area (Å²) in [6.45, 7) is 1.33. The van der Waals surface area contributed by atoms with Gasteiger partial charge < -0.3 is 21.1 Å². The molecule has 2 amide bonds. The molecule has 1 aromatic heterocycles. The van der Waals surface area contributed by atoms with E-state index in [1.807, 2.05) is 30.3 Å². The van der Waals surface area contributed by atoms with Gasteiger partial charge in [-0.15, -0.1) is 0 Å². The Morgan fingerprint density at radius 1 is 1.00 bits per heavy atom. The smallest absolute Gasteiger partial charge is 0.475 e. The molecule has 0 bridgehead atoms. The van der Waals surface area contributed by atoms with Crippen molar-refractivity contribution >= 4 is 17.8 Å². The first kappa shape index (κ1) is 30.1. The average Bonchev–Trinajstić information content (AvgIpc) is 3.42. The van der Waals surface area contributed by atoms with Gasteiger partial charge in [-0.2, -0.15) is 13.2 Å². The molecule has 11 heteroatoms. The summed E-state index contributed by atoms with van der Waals surface area (Å²) < 4.78 is 31.7. The molecule has 4 N–H and O–H groups in total. The maximum atomic E-state index is 13.4. The normalized spacial score (nSPS) is 21.8. The predicted octanol–water partition coefficient (Wildman–Crippen LogP) is 3.86. The summed E-state index contributed by atoms with van der Waals surface area (Å²) in [5.74, 6) is -2.28. The zero-order valence-electron chi connectivity index (χ0n) is 21.6. The van der Waals surface area contributed by atoms with E-state index in [2.05, 4.69) is 22.4 Å². The van der Waals surface area contributed by atoms with Gasteiger partial charge in [-0.05, 0) is 67.7 Å². The summed E-state index contributed by atoms with van der Waals surface area (Å²) in [6.07, 6.45) is 4.60. The van der Waals surface area contributed by atoms with Crippen molar-refractivity contribution in [2.24, 2.45) is 11.7 Å². The van der Waals surface area contributed by atoms with Crippen molar-refractivity contribution in [1.29, 1.82) is 0 Å². The number of halogens is 3. The lowest BCUT2D eigenvalue weighted by molar-refractivity contribution is -0.192. The Hall–Kier alpha value is -3.47. The number of hydrogen-bond donors (Lipinski definition) is 3. The van der Waals surface area contributed by atoms with Crippen LogP contribution in [-0.2, 0) is 14.4 Å². The van der Waals surface area contributed by atoms with Crippen LogP contribution in [0.15, 0.2) is 54.9 Å². The van der Waals surface area contributed by atoms with Crippen molar-refractivity contribution in [3.63, 3.8) is 0 Å². The highest BCUT2D eigenvalue weighted by molar-refractivity contribution is 5.88. The Kier molecular flexibility index (Phi) is 10.8. The van der Waals surface area contributed by atoms with Gasteiger partial charge in [0.15, 0.2) is 0 Å². The minimum atomic E-state index is -5.08. The number of alkyl halides is 3. The molecule has 212 valence electrons. The Morgan fingerprint density at radius 3 is 2.18 bits per heavy atom. The number of rotatable bonds is 7. The second-order valence-corrected chi connectivity index (χ2v) is 10.0. The fourth-order valence-electron chi connectivity index (χ4n) is 5.09. The van der Waals surface area contributed by atoms with Crippen LogP contribution in [0, 0.1) is 5.92 Å². The average molecular weight is 549 g/mol. The van der Waals surface area contributed by atoms with Gasteiger partial charge in [0.2, 0.25) is 11.8 Å². The van der Waals surface area contributed by atoms with E-state index < -0.39 is 12.1 Å². The minimum absolute atomic E-state index is 0.00843. The maximum absolute atomic E-state index is 13.4. The first-order valence-corrected chi connectivity index (χ1v) is 13.1. The lowest BCUT2D eigenvalue weighted by atomic mass is 9.86. The van der Waals surface area contributed by atoms with Crippen LogP contribution in [0.25, 0.3) is 0 Å². The first-order chi connectivity index (χ1) is 18.6. The van der Waals surface area contributed by atoms with E-state index in [4.69, 9.17) is 15.6 Å². The zero-order valence-corrected chi connectivity index (χ0v) is 21.6. The van der Waals surface area contributed by atoms with Gasteiger partial charge in [0.1, 0.15) is 6.04 Å². The minimum Gasteiger partial charge on any atom is -0.475 e. The van der Waals surface area contributed by atoms with E-state index in [-0.39, 0.29) is 23.8 Å². The number of carboxylic acids is 1. The van der Waals surface area contributed by atoms with E-state index in [1.165, 1.54) is 0 Å². The topological polar surface area (TPSA) is 126 Å². The SMILES string of the molecule is NC1CCC(CNC(=O)[C@@H]2CCCN2C(=O)CC(c2ccccc2)c2ccncc2)CC1.O=C(O)C(F)(F)F. The molecule has 1 aromatic carbocycles. The second kappa shape index (κ2) is 14.1. The molecular weight excluding hydrogens is 513 g/mol. The number of aromatic nitrogens is 1.